The van der Waals surface area contributed by atoms with E-state index in [0.29, 0.717) is 42.2 Å². The maximum absolute atomic E-state index is 13.2. The summed E-state index contributed by atoms with van der Waals surface area (Å²) in [5.74, 6) is 0.279. The average Bonchev–Trinajstić information content (AvgIpc) is 3.37. The first-order chi connectivity index (χ1) is 17.4. The van der Waals surface area contributed by atoms with Gasteiger partial charge in [-0.15, -0.1) is 0 Å². The van der Waals surface area contributed by atoms with Crippen LogP contribution in [0.1, 0.15) is 64.6 Å². The summed E-state index contributed by atoms with van der Waals surface area (Å²) in [6.07, 6.45) is 6.12. The van der Waals surface area contributed by atoms with Crippen molar-refractivity contribution in [1.29, 1.82) is 0 Å². The topological polar surface area (TPSA) is 95.0 Å². The van der Waals surface area contributed by atoms with Gasteiger partial charge in [0.15, 0.2) is 0 Å². The molecule has 192 valence electrons. The number of carbonyl (C=O) groups excluding carboxylic acids is 1. The van der Waals surface area contributed by atoms with Gasteiger partial charge in [-0.1, -0.05) is 27.0 Å². The molecule has 8 heteroatoms. The molecule has 1 aromatic carbocycles. The number of nitrogens with one attached hydrogen (secondary N) is 1. The number of ether oxygens (including phenoxy) is 1. The van der Waals surface area contributed by atoms with Crippen molar-refractivity contribution in [1.82, 2.24) is 15.2 Å². The molecule has 36 heavy (non-hydrogen) atoms. The Bertz CT molecular complexity index is 1160. The van der Waals surface area contributed by atoms with Crippen LogP contribution in [-0.2, 0) is 19.3 Å². The summed E-state index contributed by atoms with van der Waals surface area (Å²) < 4.78 is 6.05. The van der Waals surface area contributed by atoms with Crippen molar-refractivity contribution in [2.75, 3.05) is 25.1 Å². The standard InChI is InChI=1S/C26H30N4O4.C2H6/c1-5-27-23-16(3)29(4)25(31)21-14-17(15-28-24(21)30(23)6-2)12-13-34-22-11-10-20(26(32)33)18-8-7-9-19(18)22;1-2/h5,10-11,14-15,23,27H,1,3,6-9,12-13H2,2,4H3,(H,32,33);1-2H3. The molecule has 1 unspecified atom stereocenters. The molecule has 2 N–H and O–H groups in total. The third kappa shape index (κ3) is 5.08. The van der Waals surface area contributed by atoms with E-state index in [1.165, 1.54) is 0 Å². The maximum atomic E-state index is 13.2. The van der Waals surface area contributed by atoms with E-state index in [1.807, 2.05) is 31.7 Å². The second-order valence-electron chi connectivity index (χ2n) is 8.46. The highest BCUT2D eigenvalue weighted by Crippen LogP contribution is 2.34. The van der Waals surface area contributed by atoms with Crippen molar-refractivity contribution >= 4 is 17.7 Å². The van der Waals surface area contributed by atoms with E-state index in [0.717, 1.165) is 41.7 Å². The third-order valence-electron chi connectivity index (χ3n) is 6.53. The second-order valence-corrected chi connectivity index (χ2v) is 8.46. The van der Waals surface area contributed by atoms with Crippen LogP contribution in [0.5, 0.6) is 5.75 Å². The summed E-state index contributed by atoms with van der Waals surface area (Å²) in [7, 11) is 1.71. The molecule has 8 nitrogen and oxygen atoms in total. The molecule has 2 aromatic rings. The normalized spacial score (nSPS) is 16.4. The van der Waals surface area contributed by atoms with Crippen LogP contribution in [0.15, 0.2) is 49.5 Å². The summed E-state index contributed by atoms with van der Waals surface area (Å²) in [5, 5.41) is 12.6. The molecule has 0 bridgehead atoms. The monoisotopic (exact) mass is 492 g/mol. The van der Waals surface area contributed by atoms with Crippen molar-refractivity contribution in [2.45, 2.75) is 52.6 Å². The van der Waals surface area contributed by atoms with Gasteiger partial charge in [0.2, 0.25) is 0 Å². The Morgan fingerprint density at radius 2 is 2.03 bits per heavy atom. The van der Waals surface area contributed by atoms with Crippen LogP contribution >= 0.6 is 0 Å². The molecule has 0 fully saturated rings. The minimum atomic E-state index is -0.898. The zero-order valence-corrected chi connectivity index (χ0v) is 21.6. The minimum absolute atomic E-state index is 0.163. The van der Waals surface area contributed by atoms with Gasteiger partial charge in [0.25, 0.3) is 5.91 Å². The number of benzene rings is 1. The molecule has 1 aliphatic carbocycles. The molecule has 0 radical (unpaired) electrons. The predicted octanol–water partition coefficient (Wildman–Crippen LogP) is 4.40. The van der Waals surface area contributed by atoms with E-state index in [2.05, 4.69) is 23.5 Å². The number of anilines is 1. The van der Waals surface area contributed by atoms with E-state index in [1.54, 1.807) is 36.5 Å². The van der Waals surface area contributed by atoms with Crippen molar-refractivity contribution in [3.63, 3.8) is 0 Å². The van der Waals surface area contributed by atoms with Crippen LogP contribution in [0, 0.1) is 0 Å². The smallest absolute Gasteiger partial charge is 0.335 e. The third-order valence-corrected chi connectivity index (χ3v) is 6.53. The van der Waals surface area contributed by atoms with Gasteiger partial charge in [-0.3, -0.25) is 4.79 Å². The number of hydrogen-bond donors (Lipinski definition) is 2. The first-order valence-electron chi connectivity index (χ1n) is 12.5. The largest absolute Gasteiger partial charge is 0.493 e. The van der Waals surface area contributed by atoms with Gasteiger partial charge in [0.1, 0.15) is 17.7 Å². The van der Waals surface area contributed by atoms with Gasteiger partial charge in [0, 0.05) is 26.2 Å². The summed E-state index contributed by atoms with van der Waals surface area (Å²) >= 11 is 0. The molecule has 4 rings (SSSR count). The fourth-order valence-electron chi connectivity index (χ4n) is 4.74. The number of aromatic nitrogens is 1. The van der Waals surface area contributed by atoms with Gasteiger partial charge in [-0.25, -0.2) is 9.78 Å². The van der Waals surface area contributed by atoms with Crippen molar-refractivity contribution in [2.24, 2.45) is 0 Å². The van der Waals surface area contributed by atoms with Crippen LogP contribution in [-0.4, -0.2) is 53.2 Å². The zero-order chi connectivity index (χ0) is 26.4. The molecule has 0 spiro atoms. The highest BCUT2D eigenvalue weighted by atomic mass is 16.5. The number of nitrogens with zero attached hydrogens (tertiary/aromatic N) is 3. The SMILES string of the molecule is C=CNC1C(=C)N(C)C(=O)c2cc(CCOc3ccc(C(=O)O)c4c3CCC4)cnc2N1CC.CC. The Labute approximate surface area is 213 Å². The number of fused-ring (bicyclic) bond motifs is 2. The lowest BCUT2D eigenvalue weighted by Gasteiger charge is -2.33. The summed E-state index contributed by atoms with van der Waals surface area (Å²) in [6.45, 7) is 14.9. The molecule has 1 atom stereocenters. The van der Waals surface area contributed by atoms with Crippen LogP contribution in [0.2, 0.25) is 0 Å². The molecule has 1 aromatic heterocycles. The lowest BCUT2D eigenvalue weighted by Crippen LogP contribution is -2.47. The van der Waals surface area contributed by atoms with Crippen molar-refractivity contribution in [3.05, 3.63) is 77.3 Å². The fourth-order valence-corrected chi connectivity index (χ4v) is 4.74. The number of aromatic carboxylic acids is 1. The summed E-state index contributed by atoms with van der Waals surface area (Å²) in [4.78, 5) is 32.9. The number of carbonyl (C=O) groups is 2. The predicted molar refractivity (Wildman–Crippen MR) is 142 cm³/mol. The molecule has 1 aliphatic heterocycles. The molecule has 2 aliphatic rings. The van der Waals surface area contributed by atoms with E-state index in [-0.39, 0.29) is 12.1 Å². The van der Waals surface area contributed by atoms with Crippen molar-refractivity contribution in [3.8, 4) is 5.75 Å². The van der Waals surface area contributed by atoms with E-state index in [4.69, 9.17) is 4.74 Å². The molecular formula is C28H36N4O4. The number of likely N-dealkylation sites (N-methyl/N-ethyl adjacent to an activating group) is 2. The van der Waals surface area contributed by atoms with Crippen LogP contribution in [0.25, 0.3) is 0 Å². The molecule has 0 saturated heterocycles. The lowest BCUT2D eigenvalue weighted by atomic mass is 10.0. The summed E-state index contributed by atoms with van der Waals surface area (Å²) in [5.41, 5.74) is 4.26. The number of carboxylic acid groups (broad SMARTS) is 1. The molecule has 1 amide bonds. The van der Waals surface area contributed by atoms with Gasteiger partial charge in [-0.05, 0) is 67.3 Å². The Morgan fingerprint density at radius 1 is 1.31 bits per heavy atom. The Balaban J connectivity index is 0.00000176. The number of carboxylic acids is 1. The number of rotatable bonds is 8. The van der Waals surface area contributed by atoms with E-state index in [9.17, 15) is 14.7 Å². The quantitative estimate of drug-likeness (QED) is 0.564. The van der Waals surface area contributed by atoms with Crippen LogP contribution in [0.3, 0.4) is 0 Å². The minimum Gasteiger partial charge on any atom is -0.493 e. The highest BCUT2D eigenvalue weighted by Gasteiger charge is 2.34. The molecular weight excluding hydrogens is 456 g/mol. The summed E-state index contributed by atoms with van der Waals surface area (Å²) in [6, 6.07) is 5.24. The lowest BCUT2D eigenvalue weighted by molar-refractivity contribution is 0.0695. The van der Waals surface area contributed by atoms with Gasteiger partial charge in [0.05, 0.1) is 23.4 Å². The first kappa shape index (κ1) is 26.8. The van der Waals surface area contributed by atoms with Gasteiger partial charge < -0.3 is 25.0 Å². The first-order valence-corrected chi connectivity index (χ1v) is 12.5. The Hall–Kier alpha value is -3.81. The van der Waals surface area contributed by atoms with E-state index < -0.39 is 5.97 Å². The molecule has 2 heterocycles. The van der Waals surface area contributed by atoms with Crippen molar-refractivity contribution < 1.29 is 19.4 Å². The fraction of sp³-hybridized carbons (Fsp3) is 0.393. The highest BCUT2D eigenvalue weighted by molar-refractivity contribution is 6.01. The second kappa shape index (κ2) is 11.7. The maximum Gasteiger partial charge on any atom is 0.335 e. The zero-order valence-electron chi connectivity index (χ0n) is 21.6. The van der Waals surface area contributed by atoms with Crippen LogP contribution in [0.4, 0.5) is 5.82 Å². The number of pyridine rings is 1. The average molecular weight is 493 g/mol. The Kier molecular flexibility index (Phi) is 8.74. The van der Waals surface area contributed by atoms with E-state index >= 15 is 0 Å². The number of hydrogen-bond acceptors (Lipinski definition) is 6. The molecule has 0 saturated carbocycles. The van der Waals surface area contributed by atoms with Crippen LogP contribution < -0.4 is 15.0 Å². The van der Waals surface area contributed by atoms with Gasteiger partial charge >= 0.3 is 5.97 Å². The Morgan fingerprint density at radius 3 is 2.69 bits per heavy atom. The van der Waals surface area contributed by atoms with Gasteiger partial charge in [-0.2, -0.15) is 0 Å². The number of amides is 1.